The van der Waals surface area contributed by atoms with E-state index in [1.807, 2.05) is 0 Å². The lowest BCUT2D eigenvalue weighted by molar-refractivity contribution is -0.118. The number of rotatable bonds is 1. The molecule has 0 heterocycles. The summed E-state index contributed by atoms with van der Waals surface area (Å²) in [7, 11) is 0. The molecule has 0 aromatic carbocycles. The van der Waals surface area contributed by atoms with Crippen LogP contribution in [0.2, 0.25) is 0 Å². The molecule has 0 amide bonds. The highest BCUT2D eigenvalue weighted by Crippen LogP contribution is 2.63. The molecule has 0 aliphatic heterocycles. The van der Waals surface area contributed by atoms with Gasteiger partial charge in [0.15, 0.2) is 0 Å². The molecule has 0 aromatic heterocycles. The van der Waals surface area contributed by atoms with Gasteiger partial charge in [0.05, 0.1) is 0 Å². The van der Waals surface area contributed by atoms with Crippen molar-refractivity contribution in [1.82, 2.24) is 0 Å². The molecule has 1 N–H and O–H groups in total. The van der Waals surface area contributed by atoms with Crippen LogP contribution in [0.25, 0.3) is 0 Å². The first-order valence-corrected chi connectivity index (χ1v) is 9.18. The first-order chi connectivity index (χ1) is 11.0. The second-order valence-corrected chi connectivity index (χ2v) is 7.97. The molecular formula is C21H26O2. The van der Waals surface area contributed by atoms with Crippen LogP contribution in [0, 0.1) is 29.6 Å². The number of hydrogen-bond acceptors (Lipinski definition) is 2. The Morgan fingerprint density at radius 1 is 1.35 bits per heavy atom. The maximum absolute atomic E-state index is 11.8. The van der Waals surface area contributed by atoms with Gasteiger partial charge in [0.25, 0.3) is 0 Å². The summed E-state index contributed by atoms with van der Waals surface area (Å²) in [6.45, 7) is 2.19. The quantitative estimate of drug-likeness (QED) is 0.745. The average Bonchev–Trinajstić information content (AvgIpc) is 2.88. The van der Waals surface area contributed by atoms with E-state index in [-0.39, 0.29) is 5.41 Å². The molecule has 1 unspecified atom stereocenters. The van der Waals surface area contributed by atoms with Crippen molar-refractivity contribution in [3.05, 3.63) is 22.8 Å². The van der Waals surface area contributed by atoms with Crippen LogP contribution in [0.3, 0.4) is 0 Å². The first kappa shape index (κ1) is 15.2. The van der Waals surface area contributed by atoms with Gasteiger partial charge in [-0.15, -0.1) is 6.42 Å². The molecule has 122 valence electrons. The Kier molecular flexibility index (Phi) is 3.36. The number of hydrogen-bond donors (Lipinski definition) is 1. The molecule has 4 rings (SSSR count). The van der Waals surface area contributed by atoms with Gasteiger partial charge in [-0.25, -0.2) is 0 Å². The molecule has 0 aromatic rings. The lowest BCUT2D eigenvalue weighted by Crippen LogP contribution is -2.49. The summed E-state index contributed by atoms with van der Waals surface area (Å²) in [5, 5.41) is 11.1. The molecule has 23 heavy (non-hydrogen) atoms. The van der Waals surface area contributed by atoms with Crippen LogP contribution in [0.5, 0.6) is 0 Å². The molecule has 0 radical (unpaired) electrons. The number of allylic oxidation sites excluding steroid dienone is 4. The molecule has 0 bridgehead atoms. The molecule has 4 aliphatic carbocycles. The highest BCUT2D eigenvalue weighted by molar-refractivity contribution is 5.83. The second kappa shape index (κ2) is 5.08. The zero-order valence-electron chi connectivity index (χ0n) is 14.0. The van der Waals surface area contributed by atoms with E-state index in [2.05, 4.69) is 18.9 Å². The van der Waals surface area contributed by atoms with Gasteiger partial charge in [-0.3, -0.25) is 4.79 Å². The van der Waals surface area contributed by atoms with Gasteiger partial charge < -0.3 is 5.11 Å². The summed E-state index contributed by atoms with van der Waals surface area (Å²) < 4.78 is 0. The van der Waals surface area contributed by atoms with Gasteiger partial charge in [-0.2, -0.15) is 0 Å². The Bertz CT molecular complexity index is 662. The van der Waals surface area contributed by atoms with Gasteiger partial charge >= 0.3 is 0 Å². The van der Waals surface area contributed by atoms with Crippen molar-refractivity contribution >= 4 is 5.78 Å². The molecule has 4 atom stereocenters. The summed E-state index contributed by atoms with van der Waals surface area (Å²) in [5.74, 6) is 4.21. The van der Waals surface area contributed by atoms with Crippen LogP contribution < -0.4 is 0 Å². The average molecular weight is 310 g/mol. The Hall–Kier alpha value is -1.33. The SMILES string of the molecule is C#C[C@]1(O)CC[C@H]2C3CCC4=C(CCC(=O)C4)C3=CC[C@@]21CC. The minimum atomic E-state index is -0.939. The van der Waals surface area contributed by atoms with Crippen LogP contribution in [0.1, 0.15) is 64.7 Å². The lowest BCUT2D eigenvalue weighted by Gasteiger charge is -2.50. The summed E-state index contributed by atoms with van der Waals surface area (Å²) >= 11 is 0. The third-order valence-corrected chi connectivity index (χ3v) is 7.39. The Labute approximate surface area is 139 Å². The second-order valence-electron chi connectivity index (χ2n) is 7.97. The van der Waals surface area contributed by atoms with Crippen molar-refractivity contribution in [3.8, 4) is 12.3 Å². The minimum Gasteiger partial charge on any atom is -0.377 e. The maximum atomic E-state index is 11.8. The molecular weight excluding hydrogens is 284 g/mol. The number of Topliss-reactive ketones (excluding diaryl/α,β-unsaturated/α-hetero) is 1. The van der Waals surface area contributed by atoms with Gasteiger partial charge in [-0.1, -0.05) is 24.5 Å². The normalized spacial score (nSPS) is 42.5. The molecule has 4 aliphatic rings. The topological polar surface area (TPSA) is 37.3 Å². The predicted molar refractivity (Wildman–Crippen MR) is 90.5 cm³/mol. The highest BCUT2D eigenvalue weighted by atomic mass is 16.3. The van der Waals surface area contributed by atoms with E-state index < -0.39 is 5.60 Å². The van der Waals surface area contributed by atoms with Crippen LogP contribution in [-0.2, 0) is 4.79 Å². The molecule has 0 spiro atoms. The van der Waals surface area contributed by atoms with E-state index in [0.717, 1.165) is 44.9 Å². The minimum absolute atomic E-state index is 0.140. The van der Waals surface area contributed by atoms with E-state index in [1.54, 1.807) is 0 Å². The van der Waals surface area contributed by atoms with Gasteiger partial charge in [0.1, 0.15) is 11.4 Å². The van der Waals surface area contributed by atoms with Crippen molar-refractivity contribution in [2.45, 2.75) is 70.3 Å². The molecule has 1 fully saturated rings. The van der Waals surface area contributed by atoms with Crippen molar-refractivity contribution in [1.29, 1.82) is 0 Å². The summed E-state index contributed by atoms with van der Waals surface area (Å²) in [6, 6.07) is 0. The van der Waals surface area contributed by atoms with Gasteiger partial charge in [-0.05, 0) is 67.9 Å². The van der Waals surface area contributed by atoms with E-state index in [1.165, 1.54) is 16.7 Å². The van der Waals surface area contributed by atoms with Crippen LogP contribution in [-0.4, -0.2) is 16.5 Å². The van der Waals surface area contributed by atoms with Crippen LogP contribution >= 0.6 is 0 Å². The third kappa shape index (κ3) is 1.89. The zero-order valence-corrected chi connectivity index (χ0v) is 14.0. The van der Waals surface area contributed by atoms with E-state index in [0.29, 0.717) is 30.5 Å². The molecule has 1 saturated carbocycles. The Morgan fingerprint density at radius 3 is 2.91 bits per heavy atom. The van der Waals surface area contributed by atoms with Crippen LogP contribution in [0.4, 0.5) is 0 Å². The summed E-state index contributed by atoms with van der Waals surface area (Å²) in [6.07, 6.45) is 16.3. The number of carbonyl (C=O) groups excluding carboxylic acids is 1. The van der Waals surface area contributed by atoms with Crippen LogP contribution in [0.15, 0.2) is 22.8 Å². The lowest BCUT2D eigenvalue weighted by atomic mass is 9.54. The van der Waals surface area contributed by atoms with E-state index in [9.17, 15) is 9.90 Å². The largest absolute Gasteiger partial charge is 0.377 e. The summed E-state index contributed by atoms with van der Waals surface area (Å²) in [4.78, 5) is 11.8. The number of aliphatic hydroxyl groups is 1. The number of ketones is 1. The smallest absolute Gasteiger partial charge is 0.137 e. The number of carbonyl (C=O) groups is 1. The highest BCUT2D eigenvalue weighted by Gasteiger charge is 2.61. The van der Waals surface area contributed by atoms with E-state index >= 15 is 0 Å². The Balaban J connectivity index is 1.76. The fourth-order valence-electron chi connectivity index (χ4n) is 6.17. The standard InChI is InChI=1S/C21H26O2/c1-3-20-11-9-17-16-8-6-15(22)13-14(16)5-7-18(17)19(20)10-12-21(20,23)4-2/h2,9,18-19,23H,3,5-8,10-13H2,1H3/t18?,19-,20-,21-/m0/s1. The van der Waals surface area contributed by atoms with E-state index in [4.69, 9.17) is 6.42 Å². The number of terminal acetylenes is 1. The summed E-state index contributed by atoms with van der Waals surface area (Å²) in [5.41, 5.74) is 3.32. The monoisotopic (exact) mass is 310 g/mol. The Morgan fingerprint density at radius 2 is 2.17 bits per heavy atom. The molecule has 2 nitrogen and oxygen atoms in total. The first-order valence-electron chi connectivity index (χ1n) is 9.18. The fourth-order valence-corrected chi connectivity index (χ4v) is 6.17. The van der Waals surface area contributed by atoms with Gasteiger partial charge in [0, 0.05) is 18.3 Å². The van der Waals surface area contributed by atoms with Crippen molar-refractivity contribution < 1.29 is 9.90 Å². The molecule has 0 saturated heterocycles. The van der Waals surface area contributed by atoms with Crippen molar-refractivity contribution in [2.75, 3.05) is 0 Å². The fraction of sp³-hybridized carbons (Fsp3) is 0.667. The predicted octanol–water partition coefficient (Wildman–Crippen LogP) is 3.95. The third-order valence-electron chi connectivity index (χ3n) is 7.39. The van der Waals surface area contributed by atoms with Gasteiger partial charge in [0.2, 0.25) is 0 Å². The zero-order chi connectivity index (χ0) is 16.2. The maximum Gasteiger partial charge on any atom is 0.137 e. The van der Waals surface area contributed by atoms with Crippen molar-refractivity contribution in [2.24, 2.45) is 17.3 Å². The molecule has 2 heteroatoms. The van der Waals surface area contributed by atoms with Crippen molar-refractivity contribution in [3.63, 3.8) is 0 Å². The number of fused-ring (bicyclic) bond motifs is 4.